The fourth-order valence-corrected chi connectivity index (χ4v) is 5.70. The number of hydrogen-bond donors (Lipinski definition) is 1. The standard InChI is InChI=1S/C30H33Cl2N5O5Si/c1-39-29-25(42-8-7-41-22-11-19(17-38)14-33-15-22)13-21-12-20(5-6-24(21)34-29)23-16-37(18-40-9-10-43(2,3)4)28-26(23)27(31)35-30(32)36-28/h5-6,11-16,38H,7-10,17-18H2,1-4H3. The van der Waals surface area contributed by atoms with E-state index in [1.807, 2.05) is 35.0 Å². The number of fused-ring (bicyclic) bond motifs is 2. The first-order valence-electron chi connectivity index (χ1n) is 13.7. The van der Waals surface area contributed by atoms with Crippen molar-refractivity contribution in [1.29, 1.82) is 0 Å². The Labute approximate surface area is 260 Å². The van der Waals surface area contributed by atoms with Crippen molar-refractivity contribution in [3.63, 3.8) is 0 Å². The second kappa shape index (κ2) is 13.4. The molecule has 226 valence electrons. The van der Waals surface area contributed by atoms with Crippen molar-refractivity contribution >= 4 is 53.2 Å². The predicted molar refractivity (Wildman–Crippen MR) is 170 cm³/mol. The number of ether oxygens (including phenoxy) is 4. The number of hydrogen-bond acceptors (Lipinski definition) is 9. The smallest absolute Gasteiger partial charge is 0.257 e. The van der Waals surface area contributed by atoms with Gasteiger partial charge in [-0.2, -0.15) is 4.98 Å². The first-order valence-corrected chi connectivity index (χ1v) is 18.2. The highest BCUT2D eigenvalue weighted by molar-refractivity contribution is 6.76. The average molecular weight is 643 g/mol. The van der Waals surface area contributed by atoms with Crippen molar-refractivity contribution in [3.8, 4) is 28.5 Å². The van der Waals surface area contributed by atoms with Crippen LogP contribution in [0.1, 0.15) is 5.56 Å². The Morgan fingerprint density at radius 1 is 0.953 bits per heavy atom. The molecule has 0 aliphatic carbocycles. The van der Waals surface area contributed by atoms with Gasteiger partial charge in [-0.1, -0.05) is 37.3 Å². The number of aliphatic hydroxyl groups is 1. The largest absolute Gasteiger partial charge is 0.488 e. The molecule has 0 bridgehead atoms. The third-order valence-corrected chi connectivity index (χ3v) is 8.83. The van der Waals surface area contributed by atoms with Gasteiger partial charge in [-0.05, 0) is 53.0 Å². The monoisotopic (exact) mass is 641 g/mol. The number of halogens is 2. The van der Waals surface area contributed by atoms with Gasteiger partial charge in [-0.25, -0.2) is 9.97 Å². The van der Waals surface area contributed by atoms with Crippen molar-refractivity contribution in [2.24, 2.45) is 0 Å². The van der Waals surface area contributed by atoms with Crippen LogP contribution in [-0.4, -0.2) is 64.6 Å². The number of methoxy groups -OCH3 is 1. The highest BCUT2D eigenvalue weighted by Gasteiger charge is 2.19. The van der Waals surface area contributed by atoms with E-state index < -0.39 is 8.07 Å². The zero-order chi connectivity index (χ0) is 30.6. The lowest BCUT2D eigenvalue weighted by molar-refractivity contribution is 0.0899. The summed E-state index contributed by atoms with van der Waals surface area (Å²) in [5, 5.41) is 11.2. The van der Waals surface area contributed by atoms with Gasteiger partial charge in [0.1, 0.15) is 36.5 Å². The molecule has 0 fully saturated rings. The Morgan fingerprint density at radius 3 is 2.53 bits per heavy atom. The van der Waals surface area contributed by atoms with Gasteiger partial charge in [0.2, 0.25) is 5.28 Å². The van der Waals surface area contributed by atoms with Crippen molar-refractivity contribution in [2.75, 3.05) is 26.9 Å². The Balaban J connectivity index is 1.40. The summed E-state index contributed by atoms with van der Waals surface area (Å²) in [4.78, 5) is 17.4. The predicted octanol–water partition coefficient (Wildman–Crippen LogP) is 6.62. The number of aromatic nitrogens is 5. The molecule has 1 N–H and O–H groups in total. The molecule has 4 heterocycles. The van der Waals surface area contributed by atoms with E-state index in [-0.39, 0.29) is 30.3 Å². The van der Waals surface area contributed by atoms with Crippen LogP contribution < -0.4 is 14.2 Å². The molecule has 5 rings (SSSR count). The van der Waals surface area contributed by atoms with Gasteiger partial charge in [0.05, 0.1) is 30.8 Å². The summed E-state index contributed by atoms with van der Waals surface area (Å²) in [6.45, 7) is 8.33. The number of nitrogens with zero attached hydrogens (tertiary/aromatic N) is 5. The Morgan fingerprint density at radius 2 is 1.77 bits per heavy atom. The summed E-state index contributed by atoms with van der Waals surface area (Å²) in [6.07, 6.45) is 5.13. The molecule has 5 aromatic rings. The normalized spacial score (nSPS) is 11.8. The summed E-state index contributed by atoms with van der Waals surface area (Å²) in [7, 11) is 0.320. The highest BCUT2D eigenvalue weighted by atomic mass is 35.5. The topological polar surface area (TPSA) is 114 Å². The summed E-state index contributed by atoms with van der Waals surface area (Å²) in [5.74, 6) is 1.39. The SMILES string of the molecule is COc1nc2ccc(-c3cn(COCC[Si](C)(C)C)c4nc(Cl)nc(Cl)c34)cc2cc1OCCOc1cncc(CO)c1. The average Bonchev–Trinajstić information content (AvgIpc) is 3.35. The maximum absolute atomic E-state index is 9.30. The third-order valence-electron chi connectivity index (χ3n) is 6.68. The minimum absolute atomic E-state index is 0.0726. The van der Waals surface area contributed by atoms with Crippen LogP contribution in [0.5, 0.6) is 17.4 Å². The van der Waals surface area contributed by atoms with Gasteiger partial charge in [-0.15, -0.1) is 0 Å². The fraction of sp³-hybridized carbons (Fsp3) is 0.333. The van der Waals surface area contributed by atoms with Gasteiger partial charge in [0, 0.05) is 38.0 Å². The molecule has 0 saturated carbocycles. The van der Waals surface area contributed by atoms with Crippen LogP contribution in [0.4, 0.5) is 0 Å². The zero-order valence-electron chi connectivity index (χ0n) is 24.4. The van der Waals surface area contributed by atoms with E-state index in [0.717, 1.165) is 28.1 Å². The van der Waals surface area contributed by atoms with Crippen molar-refractivity contribution < 1.29 is 24.1 Å². The molecule has 0 unspecified atom stereocenters. The van der Waals surface area contributed by atoms with Gasteiger partial charge in [0.25, 0.3) is 5.88 Å². The molecule has 0 aliphatic rings. The molecule has 0 aliphatic heterocycles. The minimum Gasteiger partial charge on any atom is -0.488 e. The van der Waals surface area contributed by atoms with E-state index in [1.54, 1.807) is 25.6 Å². The van der Waals surface area contributed by atoms with Gasteiger partial charge < -0.3 is 28.6 Å². The van der Waals surface area contributed by atoms with E-state index in [9.17, 15) is 5.11 Å². The molecule has 0 spiro atoms. The minimum atomic E-state index is -1.23. The molecular formula is C30H33Cl2N5O5Si. The molecule has 0 atom stereocenters. The van der Waals surface area contributed by atoms with Gasteiger partial charge in [-0.3, -0.25) is 4.98 Å². The molecule has 0 saturated heterocycles. The summed E-state index contributed by atoms with van der Waals surface area (Å²) < 4.78 is 25.1. The van der Waals surface area contributed by atoms with Crippen LogP contribution in [0.15, 0.2) is 48.9 Å². The Bertz CT molecular complexity index is 1740. The van der Waals surface area contributed by atoms with Crippen LogP contribution in [0.25, 0.3) is 33.1 Å². The van der Waals surface area contributed by atoms with Crippen LogP contribution in [0.2, 0.25) is 36.1 Å². The second-order valence-electron chi connectivity index (χ2n) is 11.1. The van der Waals surface area contributed by atoms with Crippen LogP contribution in [0, 0.1) is 0 Å². The van der Waals surface area contributed by atoms with Crippen molar-refractivity contribution in [1.82, 2.24) is 24.5 Å². The molecule has 4 aromatic heterocycles. The van der Waals surface area contributed by atoms with E-state index >= 15 is 0 Å². The highest BCUT2D eigenvalue weighted by Crippen LogP contribution is 2.37. The van der Waals surface area contributed by atoms with E-state index in [1.165, 1.54) is 0 Å². The lowest BCUT2D eigenvalue weighted by Crippen LogP contribution is -2.22. The van der Waals surface area contributed by atoms with Crippen molar-refractivity contribution in [3.05, 3.63) is 64.9 Å². The lowest BCUT2D eigenvalue weighted by Gasteiger charge is -2.15. The first kappa shape index (κ1) is 31.0. The van der Waals surface area contributed by atoms with Crippen LogP contribution in [0.3, 0.4) is 0 Å². The summed E-state index contributed by atoms with van der Waals surface area (Å²) in [5.41, 5.74) is 3.74. The lowest BCUT2D eigenvalue weighted by atomic mass is 10.0. The first-order chi connectivity index (χ1) is 20.6. The third kappa shape index (κ3) is 7.54. The quantitative estimate of drug-likeness (QED) is 0.0655. The van der Waals surface area contributed by atoms with Crippen LogP contribution in [-0.2, 0) is 18.1 Å². The number of benzene rings is 1. The molecule has 1 aromatic carbocycles. The Hall–Kier alpha value is -3.48. The number of rotatable bonds is 13. The van der Waals surface area contributed by atoms with Gasteiger partial charge in [0.15, 0.2) is 5.75 Å². The molecule has 43 heavy (non-hydrogen) atoms. The second-order valence-corrected chi connectivity index (χ2v) is 17.4. The molecule has 10 nitrogen and oxygen atoms in total. The van der Waals surface area contributed by atoms with Crippen molar-refractivity contribution in [2.45, 2.75) is 39.0 Å². The van der Waals surface area contributed by atoms with Gasteiger partial charge >= 0.3 is 0 Å². The maximum Gasteiger partial charge on any atom is 0.257 e. The molecular weight excluding hydrogens is 609 g/mol. The number of aliphatic hydroxyl groups excluding tert-OH is 1. The molecule has 13 heteroatoms. The van der Waals surface area contributed by atoms with E-state index in [0.29, 0.717) is 47.3 Å². The number of pyridine rings is 2. The molecule has 0 radical (unpaired) electrons. The Kier molecular flexibility index (Phi) is 9.67. The zero-order valence-corrected chi connectivity index (χ0v) is 26.9. The van der Waals surface area contributed by atoms with Crippen LogP contribution >= 0.6 is 23.2 Å². The maximum atomic E-state index is 9.30. The fourth-order valence-electron chi connectivity index (χ4n) is 4.47. The molecule has 0 amide bonds. The van der Waals surface area contributed by atoms with E-state index in [4.69, 9.17) is 42.1 Å². The summed E-state index contributed by atoms with van der Waals surface area (Å²) in [6, 6.07) is 10.6. The summed E-state index contributed by atoms with van der Waals surface area (Å²) >= 11 is 12.8. The van der Waals surface area contributed by atoms with E-state index in [2.05, 4.69) is 39.6 Å².